The van der Waals surface area contributed by atoms with E-state index in [1.165, 1.54) is 0 Å². The summed E-state index contributed by atoms with van der Waals surface area (Å²) < 4.78 is 10.6. The van der Waals surface area contributed by atoms with E-state index in [0.29, 0.717) is 29.2 Å². The Hall–Kier alpha value is -3.14. The molecule has 2 aromatic rings. The predicted octanol–water partition coefficient (Wildman–Crippen LogP) is 1.85. The summed E-state index contributed by atoms with van der Waals surface area (Å²) >= 11 is 0. The van der Waals surface area contributed by atoms with Crippen LogP contribution in [0.5, 0.6) is 11.5 Å². The molecule has 176 valence electrons. The Morgan fingerprint density at radius 1 is 0.750 bits per heavy atom. The quantitative estimate of drug-likeness (QED) is 0.326. The summed E-state index contributed by atoms with van der Waals surface area (Å²) in [6.45, 7) is 1.54. The van der Waals surface area contributed by atoms with Gasteiger partial charge in [-0.1, -0.05) is 43.3 Å². The van der Waals surface area contributed by atoms with Crippen molar-refractivity contribution in [1.29, 1.82) is 0 Å². The van der Waals surface area contributed by atoms with Crippen molar-refractivity contribution in [3.8, 4) is 11.5 Å². The average molecular weight is 450 g/mol. The number of benzene rings is 2. The summed E-state index contributed by atoms with van der Waals surface area (Å²) in [5.41, 5.74) is 0.928. The van der Waals surface area contributed by atoms with Crippen LogP contribution >= 0.6 is 0 Å². The molecule has 5 N–H and O–H groups in total. The van der Waals surface area contributed by atoms with Crippen LogP contribution < -0.4 is 9.47 Å². The molecule has 0 amide bonds. The van der Waals surface area contributed by atoms with Crippen LogP contribution in [0, 0.1) is 0 Å². The van der Waals surface area contributed by atoms with Gasteiger partial charge in [0.1, 0.15) is 29.9 Å². The Morgan fingerprint density at radius 2 is 1.16 bits per heavy atom. The van der Waals surface area contributed by atoms with Crippen molar-refractivity contribution in [2.45, 2.75) is 25.2 Å². The van der Waals surface area contributed by atoms with Gasteiger partial charge in [0.25, 0.3) is 0 Å². The number of aliphatic hydroxyl groups is 3. The normalized spacial score (nSPS) is 12.1. The van der Waals surface area contributed by atoms with Crippen LogP contribution in [0.2, 0.25) is 0 Å². The van der Waals surface area contributed by atoms with Gasteiger partial charge in [0, 0.05) is 11.1 Å². The standard InChI is InChI=1S/C12H16O4.C11H14O5/c1-2-7-16-11-6-4-3-5-9(11)10(8-13)12(14)15;12-5-6-16-10-4-2-1-3-8(10)9(7-13)11(14)15/h3-6,10,13H,2,7-8H2,1H3,(H,14,15);1-4,9,12-13H,5-7H2,(H,14,15). The molecule has 0 aliphatic heterocycles. The van der Waals surface area contributed by atoms with Gasteiger partial charge in [0.2, 0.25) is 0 Å². The molecule has 2 aromatic carbocycles. The summed E-state index contributed by atoms with van der Waals surface area (Å²) in [5.74, 6) is -3.18. The Bertz CT molecular complexity index is 768. The van der Waals surface area contributed by atoms with E-state index in [4.69, 9.17) is 35.0 Å². The smallest absolute Gasteiger partial charge is 0.313 e. The van der Waals surface area contributed by atoms with Crippen molar-refractivity contribution in [2.75, 3.05) is 33.0 Å². The third kappa shape index (κ3) is 8.18. The Labute approximate surface area is 186 Å². The second-order valence-corrected chi connectivity index (χ2v) is 6.64. The molecule has 0 heterocycles. The molecule has 0 bridgehead atoms. The van der Waals surface area contributed by atoms with Gasteiger partial charge in [-0.3, -0.25) is 9.59 Å². The topological polar surface area (TPSA) is 154 Å². The van der Waals surface area contributed by atoms with Gasteiger partial charge in [-0.2, -0.15) is 0 Å². The van der Waals surface area contributed by atoms with Crippen molar-refractivity contribution < 1.29 is 44.6 Å². The lowest BCUT2D eigenvalue weighted by molar-refractivity contribution is -0.140. The van der Waals surface area contributed by atoms with Crippen LogP contribution in [-0.4, -0.2) is 70.5 Å². The van der Waals surface area contributed by atoms with Gasteiger partial charge in [-0.05, 0) is 18.6 Å². The average Bonchev–Trinajstić information content (AvgIpc) is 2.78. The molecule has 2 atom stereocenters. The van der Waals surface area contributed by atoms with E-state index >= 15 is 0 Å². The van der Waals surface area contributed by atoms with Crippen LogP contribution in [0.15, 0.2) is 48.5 Å². The van der Waals surface area contributed by atoms with Crippen LogP contribution in [0.4, 0.5) is 0 Å². The third-order valence-corrected chi connectivity index (χ3v) is 4.36. The van der Waals surface area contributed by atoms with Crippen LogP contribution in [-0.2, 0) is 9.59 Å². The van der Waals surface area contributed by atoms with Crippen LogP contribution in [0.25, 0.3) is 0 Å². The van der Waals surface area contributed by atoms with Gasteiger partial charge >= 0.3 is 11.9 Å². The Balaban J connectivity index is 0.000000320. The maximum absolute atomic E-state index is 10.9. The number of aliphatic hydroxyl groups excluding tert-OH is 3. The molecular formula is C23H30O9. The highest BCUT2D eigenvalue weighted by Gasteiger charge is 2.23. The number of carboxylic acids is 2. The molecule has 0 spiro atoms. The zero-order valence-electron chi connectivity index (χ0n) is 17.9. The molecule has 0 saturated heterocycles. The first-order valence-corrected chi connectivity index (χ1v) is 10.1. The fourth-order valence-corrected chi connectivity index (χ4v) is 2.79. The fourth-order valence-electron chi connectivity index (χ4n) is 2.79. The minimum Gasteiger partial charge on any atom is -0.493 e. The van der Waals surface area contributed by atoms with Crippen molar-refractivity contribution in [1.82, 2.24) is 0 Å². The lowest BCUT2D eigenvalue weighted by Crippen LogP contribution is -2.17. The molecule has 0 fully saturated rings. The Kier molecular flexibility index (Phi) is 12.4. The summed E-state index contributed by atoms with van der Waals surface area (Å²) in [6.07, 6.45) is 0.852. The van der Waals surface area contributed by atoms with E-state index in [0.717, 1.165) is 6.42 Å². The number of carboxylic acid groups (broad SMARTS) is 2. The minimum absolute atomic E-state index is 0.0920. The number of ether oxygens (including phenoxy) is 2. The number of hydrogen-bond acceptors (Lipinski definition) is 7. The largest absolute Gasteiger partial charge is 0.493 e. The predicted molar refractivity (Wildman–Crippen MR) is 116 cm³/mol. The minimum atomic E-state index is -1.11. The van der Waals surface area contributed by atoms with E-state index in [2.05, 4.69) is 0 Å². The summed E-state index contributed by atoms with van der Waals surface area (Å²) in [6, 6.07) is 13.5. The van der Waals surface area contributed by atoms with Crippen molar-refractivity contribution in [3.63, 3.8) is 0 Å². The van der Waals surface area contributed by atoms with E-state index in [-0.39, 0.29) is 13.2 Å². The number of carbonyl (C=O) groups is 2. The van der Waals surface area contributed by atoms with Gasteiger partial charge < -0.3 is 35.0 Å². The highest BCUT2D eigenvalue weighted by Crippen LogP contribution is 2.27. The molecule has 2 unspecified atom stereocenters. The lowest BCUT2D eigenvalue weighted by atomic mass is 9.99. The second kappa shape index (κ2) is 14.8. The maximum Gasteiger partial charge on any atom is 0.313 e. The highest BCUT2D eigenvalue weighted by molar-refractivity contribution is 5.78. The zero-order chi connectivity index (χ0) is 23.9. The number of aliphatic carboxylic acids is 2. The molecule has 32 heavy (non-hydrogen) atoms. The monoisotopic (exact) mass is 450 g/mol. The summed E-state index contributed by atoms with van der Waals surface area (Å²) in [5, 5.41) is 44.6. The molecule has 2 rings (SSSR count). The van der Waals surface area contributed by atoms with Gasteiger partial charge in [0.15, 0.2) is 0 Å². The molecule has 9 heteroatoms. The first kappa shape index (κ1) is 26.9. The number of para-hydroxylation sites is 2. The van der Waals surface area contributed by atoms with Crippen molar-refractivity contribution >= 4 is 11.9 Å². The van der Waals surface area contributed by atoms with E-state index in [1.807, 2.05) is 6.92 Å². The summed E-state index contributed by atoms with van der Waals surface area (Å²) in [4.78, 5) is 21.8. The van der Waals surface area contributed by atoms with Crippen molar-refractivity contribution in [3.05, 3.63) is 59.7 Å². The number of rotatable bonds is 12. The maximum atomic E-state index is 10.9. The Morgan fingerprint density at radius 3 is 1.50 bits per heavy atom. The third-order valence-electron chi connectivity index (χ3n) is 4.36. The molecular weight excluding hydrogens is 420 g/mol. The highest BCUT2D eigenvalue weighted by atomic mass is 16.5. The first-order chi connectivity index (χ1) is 15.4. The van der Waals surface area contributed by atoms with Crippen LogP contribution in [0.3, 0.4) is 0 Å². The number of hydrogen-bond donors (Lipinski definition) is 5. The zero-order valence-corrected chi connectivity index (χ0v) is 17.9. The molecule has 9 nitrogen and oxygen atoms in total. The van der Waals surface area contributed by atoms with E-state index in [9.17, 15) is 9.59 Å². The first-order valence-electron chi connectivity index (χ1n) is 10.1. The van der Waals surface area contributed by atoms with Crippen LogP contribution in [0.1, 0.15) is 36.3 Å². The fraction of sp³-hybridized carbons (Fsp3) is 0.391. The molecule has 0 saturated carbocycles. The molecule has 0 radical (unpaired) electrons. The molecule has 0 aliphatic rings. The van der Waals surface area contributed by atoms with E-state index in [1.54, 1.807) is 48.5 Å². The van der Waals surface area contributed by atoms with E-state index < -0.39 is 37.0 Å². The second-order valence-electron chi connectivity index (χ2n) is 6.64. The molecule has 0 aliphatic carbocycles. The molecule has 0 aromatic heterocycles. The van der Waals surface area contributed by atoms with Gasteiger partial charge in [0.05, 0.1) is 26.4 Å². The summed E-state index contributed by atoms with van der Waals surface area (Å²) in [7, 11) is 0. The van der Waals surface area contributed by atoms with Gasteiger partial charge in [-0.15, -0.1) is 0 Å². The SMILES string of the molecule is CCCOc1ccccc1C(CO)C(=O)O.O=C(O)C(CO)c1ccccc1OCCO. The lowest BCUT2D eigenvalue weighted by Gasteiger charge is -2.15. The van der Waals surface area contributed by atoms with Crippen molar-refractivity contribution in [2.24, 2.45) is 0 Å². The van der Waals surface area contributed by atoms with Gasteiger partial charge in [-0.25, -0.2) is 0 Å².